The van der Waals surface area contributed by atoms with Gasteiger partial charge in [-0.15, -0.1) is 0 Å². The van der Waals surface area contributed by atoms with Gasteiger partial charge in [0.05, 0.1) is 0 Å². The maximum atomic E-state index is 8.67. The van der Waals surface area contributed by atoms with Crippen LogP contribution in [-0.4, -0.2) is 12.2 Å². The van der Waals surface area contributed by atoms with E-state index in [2.05, 4.69) is 11.5 Å². The van der Waals surface area contributed by atoms with Gasteiger partial charge in [0.25, 0.3) is 0 Å². The van der Waals surface area contributed by atoms with E-state index in [1.165, 1.54) is 0 Å². The van der Waals surface area contributed by atoms with Crippen molar-refractivity contribution < 1.29 is 36.3 Å². The van der Waals surface area contributed by atoms with E-state index in [-0.39, 0.29) is 16.5 Å². The van der Waals surface area contributed by atoms with Gasteiger partial charge in [0, 0.05) is 0 Å². The molecule has 2 amide bonds. The predicted octanol–water partition coefficient (Wildman–Crippen LogP) is -3.43. The number of carbonyl (C=O) groups excluding carboxylic acids is 2. The van der Waals surface area contributed by atoms with E-state index in [1.807, 2.05) is 0 Å². The first kappa shape index (κ1) is 15.7. The van der Waals surface area contributed by atoms with Crippen molar-refractivity contribution in [2.24, 2.45) is 11.5 Å². The Hall–Kier alpha value is -0.966. The van der Waals surface area contributed by atoms with Crippen molar-refractivity contribution in [3.8, 4) is 0 Å². The smallest absolute Gasteiger partial charge is 0.530 e. The van der Waals surface area contributed by atoms with Gasteiger partial charge in [-0.3, -0.25) is 0 Å². The van der Waals surface area contributed by atoms with E-state index in [0.29, 0.717) is 0 Å². The van der Waals surface area contributed by atoms with Crippen molar-refractivity contribution in [3.05, 3.63) is 0 Å². The number of carboxylic acid groups (broad SMARTS) is 2. The summed E-state index contributed by atoms with van der Waals surface area (Å²) in [5, 5.41) is 17.3. The first-order valence-electron chi connectivity index (χ1n) is 1.39. The van der Waals surface area contributed by atoms with Crippen molar-refractivity contribution in [2.75, 3.05) is 0 Å². The fourth-order valence-electron chi connectivity index (χ4n) is 0. The summed E-state index contributed by atoms with van der Waals surface area (Å²) < 4.78 is 0. The molecular weight excluding hydrogens is 175 g/mol. The molecule has 0 saturated heterocycles. The second kappa shape index (κ2) is 10.1. The summed E-state index contributed by atoms with van der Waals surface area (Å²) in [4.78, 5) is 17.3. The molecule has 0 fully saturated rings. The van der Waals surface area contributed by atoms with Gasteiger partial charge in [-0.05, 0) is 0 Å². The Kier molecular flexibility index (Phi) is 17.6. The van der Waals surface area contributed by atoms with Gasteiger partial charge < -0.3 is 31.3 Å². The van der Waals surface area contributed by atoms with Crippen LogP contribution in [0.4, 0.5) is 9.59 Å². The molecule has 0 radical (unpaired) electrons. The molecule has 0 aliphatic heterocycles. The van der Waals surface area contributed by atoms with E-state index in [0.717, 1.165) is 0 Å². The Balaban J connectivity index is -0.0000000720. The monoisotopic (exact) mass is 178 g/mol. The third kappa shape index (κ3) is 191. The largest absolute Gasteiger partial charge is 2.00 e. The average Bonchev–Trinajstić information content (AvgIpc) is 1.25. The minimum absolute atomic E-state index is 0. The van der Waals surface area contributed by atoms with Crippen molar-refractivity contribution in [3.63, 3.8) is 0 Å². The van der Waals surface area contributed by atoms with Crippen molar-refractivity contribution in [2.45, 2.75) is 0 Å². The quantitative estimate of drug-likeness (QED) is 0.374. The fraction of sp³-hybridized carbons (Fsp3) is 0. The van der Waals surface area contributed by atoms with Crippen LogP contribution < -0.4 is 21.7 Å². The number of nitrogens with two attached hydrogens (primary N) is 2. The minimum Gasteiger partial charge on any atom is -0.530 e. The topological polar surface area (TPSA) is 132 Å². The fourth-order valence-corrected chi connectivity index (χ4v) is 0. The van der Waals surface area contributed by atoms with Crippen LogP contribution in [0.3, 0.4) is 0 Å². The molecule has 0 aromatic rings. The summed E-state index contributed by atoms with van der Waals surface area (Å²) in [6, 6.07) is 0. The van der Waals surface area contributed by atoms with Crippen LogP contribution in [0.1, 0.15) is 0 Å². The predicted molar refractivity (Wildman–Crippen MR) is 19.2 cm³/mol. The van der Waals surface area contributed by atoms with Crippen LogP contribution in [0.2, 0.25) is 0 Å². The molecule has 0 unspecified atom stereocenters. The van der Waals surface area contributed by atoms with Gasteiger partial charge in [0.15, 0.2) is 0 Å². The molecular formula is C2H4N2NiO4. The molecule has 0 heterocycles. The molecule has 0 saturated carbocycles. The summed E-state index contributed by atoms with van der Waals surface area (Å²) in [6.45, 7) is 0. The van der Waals surface area contributed by atoms with Gasteiger partial charge in [0.1, 0.15) is 12.2 Å². The van der Waals surface area contributed by atoms with Crippen LogP contribution in [0.5, 0.6) is 0 Å². The van der Waals surface area contributed by atoms with Crippen LogP contribution in [0.15, 0.2) is 0 Å². The van der Waals surface area contributed by atoms with Crippen molar-refractivity contribution in [1.29, 1.82) is 0 Å². The third-order valence-corrected chi connectivity index (χ3v) is 0. The molecule has 56 valence electrons. The summed E-state index contributed by atoms with van der Waals surface area (Å²) in [5.41, 5.74) is 7.83. The Bertz CT molecular complexity index is 74.6. The average molecular weight is 179 g/mol. The molecule has 4 N–H and O–H groups in total. The zero-order valence-corrected chi connectivity index (χ0v) is 5.09. The van der Waals surface area contributed by atoms with Gasteiger partial charge in [0.2, 0.25) is 0 Å². The molecule has 0 aliphatic carbocycles. The standard InChI is InChI=1S/2CH3NO2.Ni/c2*2-1(3)4;/h2*2H2,(H,3,4);/q;;+2/p-2. The molecule has 6 nitrogen and oxygen atoms in total. The molecule has 0 aliphatic rings. The normalized spacial score (nSPS) is 5.33. The third-order valence-electron chi connectivity index (χ3n) is 0. The van der Waals surface area contributed by atoms with Crippen molar-refractivity contribution in [1.82, 2.24) is 0 Å². The maximum absolute atomic E-state index is 8.67. The van der Waals surface area contributed by atoms with E-state index in [9.17, 15) is 0 Å². The Morgan fingerprint density at radius 2 is 1.00 bits per heavy atom. The Labute approximate surface area is 60.7 Å². The molecule has 0 atom stereocenters. The summed E-state index contributed by atoms with van der Waals surface area (Å²) in [7, 11) is 0. The van der Waals surface area contributed by atoms with Crippen LogP contribution >= 0.6 is 0 Å². The van der Waals surface area contributed by atoms with Crippen LogP contribution in [0, 0.1) is 0 Å². The minimum atomic E-state index is -1.58. The van der Waals surface area contributed by atoms with Crippen LogP contribution in [0.25, 0.3) is 0 Å². The first-order valence-corrected chi connectivity index (χ1v) is 1.39. The second-order valence-corrected chi connectivity index (χ2v) is 0.638. The molecule has 0 rings (SSSR count). The van der Waals surface area contributed by atoms with Gasteiger partial charge in [-0.25, -0.2) is 0 Å². The Morgan fingerprint density at radius 1 is 1.00 bits per heavy atom. The molecule has 0 aromatic heterocycles. The number of amides is 2. The molecule has 0 bridgehead atoms. The number of hydrogen-bond donors (Lipinski definition) is 2. The summed E-state index contributed by atoms with van der Waals surface area (Å²) in [6.07, 6.45) is -3.17. The second-order valence-electron chi connectivity index (χ2n) is 0.638. The van der Waals surface area contributed by atoms with Gasteiger partial charge >= 0.3 is 16.5 Å². The maximum Gasteiger partial charge on any atom is 2.00 e. The summed E-state index contributed by atoms with van der Waals surface area (Å²) >= 11 is 0. The number of carbonyl (C=O) groups is 2. The first-order chi connectivity index (χ1) is 3.46. The van der Waals surface area contributed by atoms with E-state index in [4.69, 9.17) is 19.8 Å². The van der Waals surface area contributed by atoms with E-state index >= 15 is 0 Å². The van der Waals surface area contributed by atoms with Gasteiger partial charge in [-0.2, -0.15) is 0 Å². The molecule has 7 heteroatoms. The zero-order valence-electron chi connectivity index (χ0n) is 4.10. The SMILES string of the molecule is NC(=O)[O-].NC(=O)[O-].[Ni+2]. The molecule has 0 aromatic carbocycles. The van der Waals surface area contributed by atoms with Crippen LogP contribution in [-0.2, 0) is 16.5 Å². The van der Waals surface area contributed by atoms with Gasteiger partial charge in [-0.1, -0.05) is 0 Å². The number of hydrogen-bond acceptors (Lipinski definition) is 4. The number of rotatable bonds is 0. The molecule has 0 spiro atoms. The summed E-state index contributed by atoms with van der Waals surface area (Å²) in [5.74, 6) is 0. The van der Waals surface area contributed by atoms with E-state index < -0.39 is 12.2 Å². The zero-order chi connectivity index (χ0) is 7.15. The van der Waals surface area contributed by atoms with E-state index in [1.54, 1.807) is 0 Å². The Morgan fingerprint density at radius 3 is 1.00 bits per heavy atom. The van der Waals surface area contributed by atoms with Crippen molar-refractivity contribution >= 4 is 12.2 Å². The number of primary amides is 2. The molecule has 9 heavy (non-hydrogen) atoms.